The van der Waals surface area contributed by atoms with Gasteiger partial charge < -0.3 is 11.1 Å². The number of alkyl halides is 1. The second kappa shape index (κ2) is 9.92. The number of benzene rings is 1. The molecule has 3 rings (SSSR count). The van der Waals surface area contributed by atoms with E-state index < -0.39 is 0 Å². The molecule has 4 heteroatoms. The Hall–Kier alpha value is -0.640. The number of nitrogens with two attached hydrogens (primary N) is 1. The van der Waals surface area contributed by atoms with Crippen LogP contribution >= 0.6 is 23.8 Å². The number of thiocarbonyl (C=S) groups is 1. The van der Waals surface area contributed by atoms with Crippen LogP contribution in [0.5, 0.6) is 0 Å². The third-order valence-corrected chi connectivity index (χ3v) is 9.98. The number of hydrogen-bond acceptors (Lipinski definition) is 2. The molecular formula is C28H45ClN2S. The second-order valence-corrected chi connectivity index (χ2v) is 13.0. The Labute approximate surface area is 207 Å². The van der Waals surface area contributed by atoms with Crippen LogP contribution in [0.25, 0.3) is 0 Å². The maximum Gasteiger partial charge on any atom is 0.0615 e. The fourth-order valence-electron chi connectivity index (χ4n) is 7.25. The van der Waals surface area contributed by atoms with Crippen molar-refractivity contribution in [3.8, 4) is 0 Å². The molecule has 2 aliphatic carbocycles. The summed E-state index contributed by atoms with van der Waals surface area (Å²) in [6.07, 6.45) is 8.51. The van der Waals surface area contributed by atoms with E-state index in [1.807, 2.05) is 0 Å². The van der Waals surface area contributed by atoms with Gasteiger partial charge in [-0.25, -0.2) is 0 Å². The number of hydrogen-bond donors (Lipinski definition) is 2. The second-order valence-electron chi connectivity index (χ2n) is 12.4. The van der Waals surface area contributed by atoms with Crippen molar-refractivity contribution in [2.45, 2.75) is 91.0 Å². The highest BCUT2D eigenvalue weighted by Gasteiger charge is 2.57. The van der Waals surface area contributed by atoms with E-state index in [-0.39, 0.29) is 16.9 Å². The van der Waals surface area contributed by atoms with Gasteiger partial charge in [-0.15, -0.1) is 11.6 Å². The summed E-state index contributed by atoms with van der Waals surface area (Å²) in [4.78, 5) is 0. The lowest BCUT2D eigenvalue weighted by Gasteiger charge is -2.62. The molecule has 3 N–H and O–H groups in total. The Morgan fingerprint density at radius 3 is 2.50 bits per heavy atom. The van der Waals surface area contributed by atoms with Crippen LogP contribution in [-0.2, 0) is 5.41 Å². The Kier molecular flexibility index (Phi) is 8.05. The van der Waals surface area contributed by atoms with E-state index in [1.165, 1.54) is 32.1 Å². The number of halogens is 1. The molecule has 6 atom stereocenters. The summed E-state index contributed by atoms with van der Waals surface area (Å²) in [5.41, 5.74) is 10.8. The van der Waals surface area contributed by atoms with Crippen molar-refractivity contribution in [1.29, 1.82) is 0 Å². The summed E-state index contributed by atoms with van der Waals surface area (Å²) in [5, 5.41) is 3.20. The van der Waals surface area contributed by atoms with Crippen LogP contribution < -0.4 is 11.1 Å². The Bertz CT molecular complexity index is 764. The van der Waals surface area contributed by atoms with E-state index in [0.29, 0.717) is 22.7 Å². The van der Waals surface area contributed by atoms with Crippen LogP contribution in [0.15, 0.2) is 30.3 Å². The van der Waals surface area contributed by atoms with Gasteiger partial charge in [-0.2, -0.15) is 0 Å². The molecule has 6 unspecified atom stereocenters. The summed E-state index contributed by atoms with van der Waals surface area (Å²) < 4.78 is 0. The highest BCUT2D eigenvalue weighted by atomic mass is 35.5. The third-order valence-electron chi connectivity index (χ3n) is 9.62. The van der Waals surface area contributed by atoms with Gasteiger partial charge in [0.25, 0.3) is 0 Å². The predicted molar refractivity (Wildman–Crippen MR) is 143 cm³/mol. The van der Waals surface area contributed by atoms with Crippen LogP contribution in [-0.4, -0.2) is 24.0 Å². The first-order valence-electron chi connectivity index (χ1n) is 12.5. The van der Waals surface area contributed by atoms with E-state index in [0.717, 1.165) is 25.3 Å². The molecule has 0 radical (unpaired) electrons. The first-order chi connectivity index (χ1) is 15.0. The monoisotopic (exact) mass is 476 g/mol. The molecule has 32 heavy (non-hydrogen) atoms. The van der Waals surface area contributed by atoms with Crippen LogP contribution in [0.2, 0.25) is 0 Å². The smallest absolute Gasteiger partial charge is 0.0615 e. The van der Waals surface area contributed by atoms with E-state index in [4.69, 9.17) is 29.6 Å². The molecule has 2 saturated carbocycles. The van der Waals surface area contributed by atoms with Crippen molar-refractivity contribution in [3.05, 3.63) is 35.9 Å². The van der Waals surface area contributed by atoms with Crippen molar-refractivity contribution in [1.82, 2.24) is 5.32 Å². The summed E-state index contributed by atoms with van der Waals surface area (Å²) in [6, 6.07) is 11.5. The lowest BCUT2D eigenvalue weighted by Crippen LogP contribution is -2.55. The van der Waals surface area contributed by atoms with Gasteiger partial charge in [-0.05, 0) is 84.0 Å². The molecule has 0 heterocycles. The number of rotatable bonds is 10. The number of fused-ring (bicyclic) bond motifs is 2. The molecule has 0 aromatic heterocycles. The van der Waals surface area contributed by atoms with E-state index >= 15 is 0 Å². The van der Waals surface area contributed by atoms with Gasteiger partial charge in [0.2, 0.25) is 0 Å². The SMILES string of the molecule is CC1CC2(c3ccccc3)CC(CC(C)(CCC(N)C(C)(C)CNC=S)C2)C1(C)CCCl. The summed E-state index contributed by atoms with van der Waals surface area (Å²) in [6.45, 7) is 12.9. The minimum absolute atomic E-state index is 0.0228. The van der Waals surface area contributed by atoms with E-state index in [2.05, 4.69) is 70.3 Å². The number of nitrogens with one attached hydrogen (secondary N) is 1. The first-order valence-corrected chi connectivity index (χ1v) is 13.5. The van der Waals surface area contributed by atoms with Crippen molar-refractivity contribution < 1.29 is 0 Å². The minimum Gasteiger partial charge on any atom is -0.382 e. The van der Waals surface area contributed by atoms with Gasteiger partial charge in [0.15, 0.2) is 0 Å². The Balaban J connectivity index is 1.86. The molecule has 2 bridgehead atoms. The molecule has 0 amide bonds. The van der Waals surface area contributed by atoms with Gasteiger partial charge in [0.05, 0.1) is 5.49 Å². The fourth-order valence-corrected chi connectivity index (χ4v) is 7.74. The first kappa shape index (κ1) is 26.0. The summed E-state index contributed by atoms with van der Waals surface area (Å²) >= 11 is 11.3. The zero-order chi connectivity index (χ0) is 23.6. The molecule has 2 aliphatic rings. The zero-order valence-corrected chi connectivity index (χ0v) is 22.5. The van der Waals surface area contributed by atoms with Crippen molar-refractivity contribution >= 4 is 29.3 Å². The van der Waals surface area contributed by atoms with E-state index in [1.54, 1.807) is 11.1 Å². The van der Waals surface area contributed by atoms with E-state index in [9.17, 15) is 0 Å². The van der Waals surface area contributed by atoms with Gasteiger partial charge in [-0.1, -0.05) is 77.2 Å². The molecule has 180 valence electrons. The average molecular weight is 477 g/mol. The highest BCUT2D eigenvalue weighted by molar-refractivity contribution is 7.78. The fraction of sp³-hybridized carbons (Fsp3) is 0.750. The lowest BCUT2D eigenvalue weighted by atomic mass is 9.43. The third kappa shape index (κ3) is 5.20. The molecule has 0 spiro atoms. The van der Waals surface area contributed by atoms with Crippen molar-refractivity contribution in [2.75, 3.05) is 12.4 Å². The standard InChI is InChI=1S/C28H45ClN2S/c1-21-15-28(22-9-7-6-8-10-22)17-23(27(21,5)13-14-29)16-26(4,18-28)12-11-24(30)25(2,3)19-31-20-32/h6-10,20-21,23-24H,11-19,30H2,1-5H3,(H,31,32). The zero-order valence-electron chi connectivity index (χ0n) is 20.9. The average Bonchev–Trinajstić information content (AvgIpc) is 2.75. The normalized spacial score (nSPS) is 35.8. The lowest BCUT2D eigenvalue weighted by molar-refractivity contribution is -0.0795. The van der Waals surface area contributed by atoms with Gasteiger partial charge in [-0.3, -0.25) is 0 Å². The van der Waals surface area contributed by atoms with Gasteiger partial charge >= 0.3 is 0 Å². The molecule has 0 aliphatic heterocycles. The summed E-state index contributed by atoms with van der Waals surface area (Å²) in [5.74, 6) is 2.16. The molecular weight excluding hydrogens is 432 g/mol. The molecule has 0 saturated heterocycles. The summed E-state index contributed by atoms with van der Waals surface area (Å²) in [7, 11) is 0. The molecule has 2 nitrogen and oxygen atoms in total. The Morgan fingerprint density at radius 1 is 1.19 bits per heavy atom. The van der Waals surface area contributed by atoms with Crippen molar-refractivity contribution in [2.24, 2.45) is 33.8 Å². The Morgan fingerprint density at radius 2 is 1.88 bits per heavy atom. The molecule has 2 fully saturated rings. The van der Waals surface area contributed by atoms with Crippen LogP contribution in [0.1, 0.15) is 85.1 Å². The predicted octanol–water partition coefficient (Wildman–Crippen LogP) is 7.09. The van der Waals surface area contributed by atoms with Crippen LogP contribution in [0.4, 0.5) is 0 Å². The van der Waals surface area contributed by atoms with Crippen LogP contribution in [0, 0.1) is 28.1 Å². The maximum atomic E-state index is 6.75. The van der Waals surface area contributed by atoms with Gasteiger partial charge in [0.1, 0.15) is 0 Å². The topological polar surface area (TPSA) is 38.0 Å². The molecule has 1 aromatic carbocycles. The molecule has 1 aromatic rings. The quantitative estimate of drug-likeness (QED) is 0.279. The highest BCUT2D eigenvalue weighted by Crippen LogP contribution is 2.65. The maximum absolute atomic E-state index is 6.75. The van der Waals surface area contributed by atoms with Gasteiger partial charge in [0, 0.05) is 18.5 Å². The van der Waals surface area contributed by atoms with Crippen molar-refractivity contribution in [3.63, 3.8) is 0 Å². The van der Waals surface area contributed by atoms with Crippen LogP contribution in [0.3, 0.4) is 0 Å². The largest absolute Gasteiger partial charge is 0.382 e. The minimum atomic E-state index is 0.0228.